The minimum atomic E-state index is -0.430. The maximum Gasteiger partial charge on any atom is 0.225 e. The molecular weight excluding hydrogens is 296 g/mol. The fourth-order valence-electron chi connectivity index (χ4n) is 3.78. The van der Waals surface area contributed by atoms with Crippen molar-refractivity contribution in [2.75, 3.05) is 13.1 Å². The summed E-state index contributed by atoms with van der Waals surface area (Å²) >= 11 is 1.67. The summed E-state index contributed by atoms with van der Waals surface area (Å²) in [5, 5.41) is 13.7. The van der Waals surface area contributed by atoms with Crippen molar-refractivity contribution in [3.05, 3.63) is 21.9 Å². The van der Waals surface area contributed by atoms with Gasteiger partial charge in [0.15, 0.2) is 0 Å². The number of aryl methyl sites for hydroxylation is 1. The first-order chi connectivity index (χ1) is 10.6. The molecule has 3 atom stereocenters. The summed E-state index contributed by atoms with van der Waals surface area (Å²) < 4.78 is 0. The third kappa shape index (κ3) is 3.70. The third-order valence-corrected chi connectivity index (χ3v) is 5.91. The monoisotopic (exact) mass is 322 g/mol. The molecule has 1 aromatic rings. The molecule has 5 heteroatoms. The van der Waals surface area contributed by atoms with E-state index in [0.29, 0.717) is 6.42 Å². The number of rotatable bonds is 4. The Morgan fingerprint density at radius 3 is 2.77 bits per heavy atom. The molecule has 1 saturated carbocycles. The number of nitrogens with one attached hydrogen (secondary N) is 1. The van der Waals surface area contributed by atoms with Crippen LogP contribution in [0.1, 0.15) is 41.9 Å². The maximum atomic E-state index is 12.2. The van der Waals surface area contributed by atoms with Gasteiger partial charge in [0.2, 0.25) is 5.91 Å². The molecule has 2 aliphatic rings. The highest BCUT2D eigenvalue weighted by atomic mass is 32.1. The topological polar surface area (TPSA) is 52.6 Å². The van der Waals surface area contributed by atoms with Crippen molar-refractivity contribution < 1.29 is 9.90 Å². The van der Waals surface area contributed by atoms with Crippen molar-refractivity contribution >= 4 is 17.2 Å². The van der Waals surface area contributed by atoms with Crippen LogP contribution in [0.3, 0.4) is 0 Å². The Hall–Kier alpha value is -0.910. The van der Waals surface area contributed by atoms with Gasteiger partial charge in [0.25, 0.3) is 0 Å². The molecule has 122 valence electrons. The smallest absolute Gasteiger partial charge is 0.225 e. The zero-order valence-corrected chi connectivity index (χ0v) is 14.1. The molecule has 0 aromatic carbocycles. The molecule has 1 saturated heterocycles. The van der Waals surface area contributed by atoms with Crippen LogP contribution in [0.2, 0.25) is 0 Å². The Morgan fingerprint density at radius 2 is 2.09 bits per heavy atom. The van der Waals surface area contributed by atoms with Crippen LogP contribution in [0.15, 0.2) is 12.1 Å². The molecule has 2 N–H and O–H groups in total. The summed E-state index contributed by atoms with van der Waals surface area (Å²) in [5.74, 6) is 0.0352. The molecule has 3 rings (SSSR count). The lowest BCUT2D eigenvalue weighted by molar-refractivity contribution is -0.123. The number of likely N-dealkylation sites (tertiary alicyclic amines) is 1. The number of thiophene rings is 1. The van der Waals surface area contributed by atoms with Gasteiger partial charge >= 0.3 is 0 Å². The summed E-state index contributed by atoms with van der Waals surface area (Å²) in [6, 6.07) is 4.20. The van der Waals surface area contributed by atoms with E-state index >= 15 is 0 Å². The van der Waals surface area contributed by atoms with E-state index in [1.165, 1.54) is 17.7 Å². The normalized spacial score (nSPS) is 29.6. The van der Waals surface area contributed by atoms with Crippen molar-refractivity contribution in [1.29, 1.82) is 0 Å². The Balaban J connectivity index is 1.55. The van der Waals surface area contributed by atoms with Gasteiger partial charge in [0.05, 0.1) is 18.6 Å². The molecule has 1 amide bonds. The summed E-state index contributed by atoms with van der Waals surface area (Å²) in [6.07, 6.45) is 5.49. The Morgan fingerprint density at radius 1 is 1.32 bits per heavy atom. The van der Waals surface area contributed by atoms with Crippen LogP contribution in [-0.2, 0) is 11.2 Å². The molecule has 0 bridgehead atoms. The van der Waals surface area contributed by atoms with Gasteiger partial charge in [0, 0.05) is 15.8 Å². The van der Waals surface area contributed by atoms with Gasteiger partial charge < -0.3 is 10.4 Å². The lowest BCUT2D eigenvalue weighted by atomic mass is 9.87. The quantitative estimate of drug-likeness (QED) is 0.892. The largest absolute Gasteiger partial charge is 0.389 e. The van der Waals surface area contributed by atoms with Crippen molar-refractivity contribution in [3.63, 3.8) is 0 Å². The lowest BCUT2D eigenvalue weighted by Crippen LogP contribution is -2.56. The van der Waals surface area contributed by atoms with E-state index in [2.05, 4.69) is 17.1 Å². The van der Waals surface area contributed by atoms with Crippen LogP contribution in [-0.4, -0.2) is 47.2 Å². The third-order valence-electron chi connectivity index (χ3n) is 4.91. The second kappa shape index (κ2) is 7.11. The predicted octanol–water partition coefficient (Wildman–Crippen LogP) is 2.09. The SMILES string of the molecule is Cc1ccc(CC(=O)N[C@@H]2CCC[C@@H](N3CCCC3)[C@@H]2O)s1. The molecule has 2 fully saturated rings. The molecule has 1 aromatic heterocycles. The first kappa shape index (κ1) is 16.0. The van der Waals surface area contributed by atoms with Crippen LogP contribution in [0.4, 0.5) is 0 Å². The van der Waals surface area contributed by atoms with Crippen molar-refractivity contribution in [2.45, 2.75) is 63.6 Å². The average molecular weight is 322 g/mol. The summed E-state index contributed by atoms with van der Waals surface area (Å²) in [4.78, 5) is 17.0. The number of aliphatic hydroxyl groups excluding tert-OH is 1. The van der Waals surface area contributed by atoms with Gasteiger partial charge in [-0.1, -0.05) is 0 Å². The van der Waals surface area contributed by atoms with Gasteiger partial charge in [-0.3, -0.25) is 9.69 Å². The zero-order valence-electron chi connectivity index (χ0n) is 13.3. The van der Waals surface area contributed by atoms with Crippen LogP contribution < -0.4 is 5.32 Å². The van der Waals surface area contributed by atoms with Crippen LogP contribution >= 0.6 is 11.3 Å². The van der Waals surface area contributed by atoms with E-state index in [0.717, 1.165) is 37.2 Å². The summed E-state index contributed by atoms with van der Waals surface area (Å²) in [7, 11) is 0. The summed E-state index contributed by atoms with van der Waals surface area (Å²) in [6.45, 7) is 4.24. The minimum absolute atomic E-state index is 0.0352. The van der Waals surface area contributed by atoms with Crippen molar-refractivity contribution in [3.8, 4) is 0 Å². The van der Waals surface area contributed by atoms with E-state index in [1.807, 2.05) is 12.1 Å². The average Bonchev–Trinajstić information content (AvgIpc) is 3.13. The van der Waals surface area contributed by atoms with Gasteiger partial charge in [-0.25, -0.2) is 0 Å². The standard InChI is InChI=1S/C17H26N2O2S/c1-12-7-8-13(22-12)11-16(20)18-14-5-4-6-15(17(14)21)19-9-2-3-10-19/h7-8,14-15,17,21H,2-6,9-11H2,1H3,(H,18,20)/t14-,15-,17-/m1/s1. The molecule has 22 heavy (non-hydrogen) atoms. The van der Waals surface area contributed by atoms with Crippen LogP contribution in [0.5, 0.6) is 0 Å². The molecule has 2 heterocycles. The Kier molecular flexibility index (Phi) is 5.16. The Bertz CT molecular complexity index is 511. The van der Waals surface area contributed by atoms with Crippen LogP contribution in [0, 0.1) is 6.92 Å². The lowest BCUT2D eigenvalue weighted by Gasteiger charge is -2.40. The molecular formula is C17H26N2O2S. The van der Waals surface area contributed by atoms with Gasteiger partial charge in [-0.2, -0.15) is 0 Å². The number of hydrogen-bond donors (Lipinski definition) is 2. The zero-order chi connectivity index (χ0) is 15.5. The second-order valence-electron chi connectivity index (χ2n) is 6.60. The number of carbonyl (C=O) groups is 1. The van der Waals surface area contributed by atoms with Crippen molar-refractivity contribution in [1.82, 2.24) is 10.2 Å². The number of aliphatic hydroxyl groups is 1. The molecule has 0 spiro atoms. The van der Waals surface area contributed by atoms with E-state index in [9.17, 15) is 9.90 Å². The highest BCUT2D eigenvalue weighted by Gasteiger charge is 2.36. The summed E-state index contributed by atoms with van der Waals surface area (Å²) in [5.41, 5.74) is 0. The van der Waals surface area contributed by atoms with Gasteiger partial charge in [-0.15, -0.1) is 11.3 Å². The fourth-order valence-corrected chi connectivity index (χ4v) is 4.67. The van der Waals surface area contributed by atoms with Crippen LogP contribution in [0.25, 0.3) is 0 Å². The molecule has 0 radical (unpaired) electrons. The number of nitrogens with zero attached hydrogens (tertiary/aromatic N) is 1. The minimum Gasteiger partial charge on any atom is -0.389 e. The van der Waals surface area contributed by atoms with Gasteiger partial charge in [-0.05, 0) is 64.3 Å². The highest BCUT2D eigenvalue weighted by molar-refractivity contribution is 7.12. The second-order valence-corrected chi connectivity index (χ2v) is 7.97. The van der Waals surface area contributed by atoms with Gasteiger partial charge in [0.1, 0.15) is 0 Å². The Labute approximate surface area is 136 Å². The maximum absolute atomic E-state index is 12.2. The molecule has 1 aliphatic carbocycles. The fraction of sp³-hybridized carbons (Fsp3) is 0.706. The highest BCUT2D eigenvalue weighted by Crippen LogP contribution is 2.26. The molecule has 1 aliphatic heterocycles. The first-order valence-corrected chi connectivity index (χ1v) is 9.22. The van der Waals surface area contributed by atoms with E-state index in [1.54, 1.807) is 11.3 Å². The number of hydrogen-bond acceptors (Lipinski definition) is 4. The van der Waals surface area contributed by atoms with E-state index in [4.69, 9.17) is 0 Å². The number of carbonyl (C=O) groups excluding carboxylic acids is 1. The molecule has 0 unspecified atom stereocenters. The molecule has 4 nitrogen and oxygen atoms in total. The van der Waals surface area contributed by atoms with E-state index in [-0.39, 0.29) is 18.0 Å². The van der Waals surface area contributed by atoms with E-state index < -0.39 is 6.10 Å². The number of amides is 1. The van der Waals surface area contributed by atoms with Crippen molar-refractivity contribution in [2.24, 2.45) is 0 Å². The first-order valence-electron chi connectivity index (χ1n) is 8.40. The predicted molar refractivity (Wildman–Crippen MR) is 89.1 cm³/mol.